The van der Waals surface area contributed by atoms with E-state index in [1.807, 2.05) is 0 Å². The van der Waals surface area contributed by atoms with E-state index in [0.717, 1.165) is 37.6 Å². The van der Waals surface area contributed by atoms with Crippen molar-refractivity contribution >= 4 is 17.3 Å². The summed E-state index contributed by atoms with van der Waals surface area (Å²) < 4.78 is 0. The summed E-state index contributed by atoms with van der Waals surface area (Å²) in [6, 6.07) is 1.02. The number of hydrogen-bond acceptors (Lipinski definition) is 6. The molecule has 1 aliphatic carbocycles. The Bertz CT molecular complexity index is 491. The van der Waals surface area contributed by atoms with Gasteiger partial charge in [-0.2, -0.15) is 0 Å². The molecule has 22 heavy (non-hydrogen) atoms. The number of rotatable bonds is 4. The molecule has 2 heterocycles. The van der Waals surface area contributed by atoms with Crippen LogP contribution in [0.3, 0.4) is 0 Å². The summed E-state index contributed by atoms with van der Waals surface area (Å²) in [4.78, 5) is 13.4. The Hall–Kier alpha value is -1.56. The van der Waals surface area contributed by atoms with Crippen molar-refractivity contribution in [2.75, 3.05) is 43.1 Å². The molecule has 2 fully saturated rings. The Morgan fingerprint density at radius 1 is 1.18 bits per heavy atom. The minimum absolute atomic E-state index is 0.507. The monoisotopic (exact) mass is 304 g/mol. The van der Waals surface area contributed by atoms with Crippen LogP contribution in [0.2, 0.25) is 0 Å². The van der Waals surface area contributed by atoms with Crippen molar-refractivity contribution in [3.63, 3.8) is 0 Å². The minimum atomic E-state index is 0.507. The zero-order valence-corrected chi connectivity index (χ0v) is 13.8. The van der Waals surface area contributed by atoms with Crippen LogP contribution in [0.25, 0.3) is 0 Å². The Balaban J connectivity index is 1.72. The average molecular weight is 304 g/mol. The molecule has 2 aliphatic rings. The van der Waals surface area contributed by atoms with E-state index in [1.165, 1.54) is 25.7 Å². The molecular weight excluding hydrogens is 276 g/mol. The molecule has 1 saturated carbocycles. The minimum Gasteiger partial charge on any atom is -0.393 e. The second-order valence-electron chi connectivity index (χ2n) is 6.73. The predicted octanol–water partition coefficient (Wildman–Crippen LogP) is 1.94. The van der Waals surface area contributed by atoms with E-state index in [9.17, 15) is 0 Å². The molecular formula is C16H28N6. The Labute approximate surface area is 133 Å². The van der Waals surface area contributed by atoms with Crippen LogP contribution in [-0.4, -0.2) is 54.1 Å². The molecule has 1 aliphatic heterocycles. The van der Waals surface area contributed by atoms with Crippen LogP contribution >= 0.6 is 0 Å². The summed E-state index contributed by atoms with van der Waals surface area (Å²) >= 11 is 0. The van der Waals surface area contributed by atoms with Crippen LogP contribution < -0.4 is 16.0 Å². The quantitative estimate of drug-likeness (QED) is 0.886. The number of hydrogen-bond donors (Lipinski definition) is 2. The number of anilines is 3. The van der Waals surface area contributed by atoms with Gasteiger partial charge in [-0.3, -0.25) is 0 Å². The van der Waals surface area contributed by atoms with E-state index < -0.39 is 0 Å². The predicted molar refractivity (Wildman–Crippen MR) is 91.2 cm³/mol. The maximum Gasteiger partial charge on any atom is 0.157 e. The highest BCUT2D eigenvalue weighted by atomic mass is 15.2. The second kappa shape index (κ2) is 6.69. The molecule has 0 atom stereocenters. The van der Waals surface area contributed by atoms with Gasteiger partial charge in [-0.25, -0.2) is 9.97 Å². The summed E-state index contributed by atoms with van der Waals surface area (Å²) in [5.74, 6) is 1.67. The standard InChI is InChI=1S/C16H28N6/c1-21-9-7-13(8-10-21)22(2)16-14(17)15(18-11-19-16)20-12-5-3-4-6-12/h11-13H,3-10,17H2,1-2H3,(H,18,19,20). The first-order chi connectivity index (χ1) is 10.6. The summed E-state index contributed by atoms with van der Waals surface area (Å²) in [5, 5.41) is 3.50. The van der Waals surface area contributed by atoms with Crippen molar-refractivity contribution in [1.82, 2.24) is 14.9 Å². The van der Waals surface area contributed by atoms with Gasteiger partial charge >= 0.3 is 0 Å². The number of piperidine rings is 1. The van der Waals surface area contributed by atoms with Crippen LogP contribution in [-0.2, 0) is 0 Å². The maximum atomic E-state index is 6.36. The van der Waals surface area contributed by atoms with Gasteiger partial charge in [-0.15, -0.1) is 0 Å². The molecule has 6 nitrogen and oxygen atoms in total. The molecule has 3 N–H and O–H groups in total. The van der Waals surface area contributed by atoms with Gasteiger partial charge in [0.25, 0.3) is 0 Å². The number of likely N-dealkylation sites (tertiary alicyclic amines) is 1. The number of nitrogens with two attached hydrogens (primary N) is 1. The van der Waals surface area contributed by atoms with Gasteiger partial charge in [0.15, 0.2) is 11.6 Å². The van der Waals surface area contributed by atoms with E-state index in [0.29, 0.717) is 17.8 Å². The highest BCUT2D eigenvalue weighted by molar-refractivity contribution is 5.75. The van der Waals surface area contributed by atoms with Crippen molar-refractivity contribution in [2.24, 2.45) is 0 Å². The van der Waals surface area contributed by atoms with Gasteiger partial charge in [0, 0.05) is 19.1 Å². The number of nitrogens with one attached hydrogen (secondary N) is 1. The van der Waals surface area contributed by atoms with Crippen LogP contribution in [0.1, 0.15) is 38.5 Å². The van der Waals surface area contributed by atoms with Gasteiger partial charge in [-0.05, 0) is 45.8 Å². The lowest BCUT2D eigenvalue weighted by atomic mass is 10.0. The van der Waals surface area contributed by atoms with Gasteiger partial charge in [0.05, 0.1) is 0 Å². The summed E-state index contributed by atoms with van der Waals surface area (Å²) in [7, 11) is 4.28. The van der Waals surface area contributed by atoms with Crippen LogP contribution in [0, 0.1) is 0 Å². The summed E-state index contributed by atoms with van der Waals surface area (Å²) in [5.41, 5.74) is 7.05. The Kier molecular flexibility index (Phi) is 4.66. The van der Waals surface area contributed by atoms with Crippen LogP contribution in [0.15, 0.2) is 6.33 Å². The zero-order chi connectivity index (χ0) is 15.5. The molecule has 0 spiro atoms. The van der Waals surface area contributed by atoms with Crippen molar-refractivity contribution in [2.45, 2.75) is 50.6 Å². The van der Waals surface area contributed by atoms with E-state index in [1.54, 1.807) is 6.33 Å². The van der Waals surface area contributed by atoms with Crippen LogP contribution in [0.5, 0.6) is 0 Å². The zero-order valence-electron chi connectivity index (χ0n) is 13.8. The normalized spacial score (nSPS) is 21.2. The lowest BCUT2D eigenvalue weighted by molar-refractivity contribution is 0.252. The first-order valence-electron chi connectivity index (χ1n) is 8.43. The summed E-state index contributed by atoms with van der Waals surface area (Å²) in [6.07, 6.45) is 8.96. The number of aromatic nitrogens is 2. The largest absolute Gasteiger partial charge is 0.393 e. The fourth-order valence-corrected chi connectivity index (χ4v) is 3.60. The lowest BCUT2D eigenvalue weighted by Gasteiger charge is -2.36. The van der Waals surface area contributed by atoms with Crippen molar-refractivity contribution in [3.05, 3.63) is 6.33 Å². The first-order valence-corrected chi connectivity index (χ1v) is 8.43. The molecule has 1 aromatic rings. The Morgan fingerprint density at radius 2 is 1.86 bits per heavy atom. The van der Waals surface area contributed by atoms with Gasteiger partial charge in [0.2, 0.25) is 0 Å². The van der Waals surface area contributed by atoms with E-state index in [4.69, 9.17) is 5.73 Å². The first kappa shape index (κ1) is 15.3. The SMILES string of the molecule is CN1CCC(N(C)c2ncnc(NC3CCCC3)c2N)CC1. The van der Waals surface area contributed by atoms with Crippen molar-refractivity contribution in [1.29, 1.82) is 0 Å². The van der Waals surface area contributed by atoms with Gasteiger partial charge < -0.3 is 20.9 Å². The topological polar surface area (TPSA) is 70.3 Å². The smallest absolute Gasteiger partial charge is 0.157 e. The molecule has 3 rings (SSSR count). The molecule has 0 unspecified atom stereocenters. The molecule has 6 heteroatoms. The highest BCUT2D eigenvalue weighted by Crippen LogP contribution is 2.31. The lowest BCUT2D eigenvalue weighted by Crippen LogP contribution is -2.42. The number of nitrogen functional groups attached to an aromatic ring is 1. The highest BCUT2D eigenvalue weighted by Gasteiger charge is 2.24. The maximum absolute atomic E-state index is 6.36. The molecule has 0 radical (unpaired) electrons. The fraction of sp³-hybridized carbons (Fsp3) is 0.750. The third-order valence-electron chi connectivity index (χ3n) is 5.13. The molecule has 1 saturated heterocycles. The van der Waals surface area contributed by atoms with Gasteiger partial charge in [0.1, 0.15) is 12.0 Å². The fourth-order valence-electron chi connectivity index (χ4n) is 3.60. The molecule has 0 bridgehead atoms. The molecule has 0 amide bonds. The molecule has 1 aromatic heterocycles. The summed E-state index contributed by atoms with van der Waals surface area (Å²) in [6.45, 7) is 2.26. The second-order valence-corrected chi connectivity index (χ2v) is 6.73. The van der Waals surface area contributed by atoms with Gasteiger partial charge in [-0.1, -0.05) is 12.8 Å². The Morgan fingerprint density at radius 3 is 2.55 bits per heavy atom. The molecule has 0 aromatic carbocycles. The molecule has 122 valence electrons. The van der Waals surface area contributed by atoms with E-state index in [-0.39, 0.29) is 0 Å². The van der Waals surface area contributed by atoms with Crippen molar-refractivity contribution < 1.29 is 0 Å². The third kappa shape index (κ3) is 3.27. The van der Waals surface area contributed by atoms with E-state index >= 15 is 0 Å². The van der Waals surface area contributed by atoms with Crippen molar-refractivity contribution in [3.8, 4) is 0 Å². The van der Waals surface area contributed by atoms with Crippen LogP contribution in [0.4, 0.5) is 17.3 Å². The number of nitrogens with zero attached hydrogens (tertiary/aromatic N) is 4. The third-order valence-corrected chi connectivity index (χ3v) is 5.13. The average Bonchev–Trinajstić information content (AvgIpc) is 3.02. The van der Waals surface area contributed by atoms with E-state index in [2.05, 4.69) is 39.2 Å².